The summed E-state index contributed by atoms with van der Waals surface area (Å²) in [5, 5.41) is 2.97. The van der Waals surface area contributed by atoms with E-state index in [-0.39, 0.29) is 17.5 Å². The quantitative estimate of drug-likeness (QED) is 0.881. The maximum absolute atomic E-state index is 13.6. The van der Waals surface area contributed by atoms with Crippen molar-refractivity contribution in [2.45, 2.75) is 45.1 Å². The van der Waals surface area contributed by atoms with E-state index in [0.29, 0.717) is 10.4 Å². The van der Waals surface area contributed by atoms with Crippen LogP contribution >= 0.6 is 15.9 Å². The maximum atomic E-state index is 13.6. The molecule has 0 spiro atoms. The van der Waals surface area contributed by atoms with Gasteiger partial charge in [0.1, 0.15) is 5.82 Å². The summed E-state index contributed by atoms with van der Waals surface area (Å²) in [6, 6.07) is 4.63. The first-order valence-electron chi connectivity index (χ1n) is 6.86. The zero-order valence-electron chi connectivity index (χ0n) is 11.1. The zero-order chi connectivity index (χ0) is 13.8. The van der Waals surface area contributed by atoms with Crippen LogP contribution in [0.2, 0.25) is 0 Å². The number of hydrogen-bond acceptors (Lipinski definition) is 1. The van der Waals surface area contributed by atoms with Crippen molar-refractivity contribution in [2.75, 3.05) is 0 Å². The normalized spacial score (nSPS) is 23.1. The van der Waals surface area contributed by atoms with Gasteiger partial charge in [0, 0.05) is 10.5 Å². The van der Waals surface area contributed by atoms with Crippen molar-refractivity contribution < 1.29 is 9.18 Å². The standard InChI is InChI=1S/C15H19BrFNO/c1-2-10-4-3-5-12(8-10)18-15(19)13-9-11(16)6-7-14(13)17/h6-7,9-10,12H,2-5,8H2,1H3,(H,18,19). The highest BCUT2D eigenvalue weighted by atomic mass is 79.9. The number of carbonyl (C=O) groups is 1. The van der Waals surface area contributed by atoms with Crippen molar-refractivity contribution in [1.29, 1.82) is 0 Å². The third-order valence-electron chi connectivity index (χ3n) is 3.87. The molecule has 1 aromatic carbocycles. The summed E-state index contributed by atoms with van der Waals surface area (Å²) in [6.07, 6.45) is 5.55. The third-order valence-corrected chi connectivity index (χ3v) is 4.36. The molecule has 0 saturated heterocycles. The molecule has 2 nitrogen and oxygen atoms in total. The lowest BCUT2D eigenvalue weighted by Gasteiger charge is -2.29. The molecule has 1 saturated carbocycles. The fraction of sp³-hybridized carbons (Fsp3) is 0.533. The van der Waals surface area contributed by atoms with Gasteiger partial charge in [0.25, 0.3) is 5.91 Å². The molecule has 0 heterocycles. The molecule has 1 fully saturated rings. The van der Waals surface area contributed by atoms with Gasteiger partial charge in [0.2, 0.25) is 0 Å². The van der Waals surface area contributed by atoms with Crippen LogP contribution in [0.25, 0.3) is 0 Å². The van der Waals surface area contributed by atoms with Crippen LogP contribution < -0.4 is 5.32 Å². The topological polar surface area (TPSA) is 29.1 Å². The average Bonchev–Trinajstić information content (AvgIpc) is 2.41. The van der Waals surface area contributed by atoms with Crippen LogP contribution in [0.3, 0.4) is 0 Å². The van der Waals surface area contributed by atoms with E-state index in [2.05, 4.69) is 28.2 Å². The Morgan fingerprint density at radius 1 is 1.47 bits per heavy atom. The van der Waals surface area contributed by atoms with Gasteiger partial charge in [0.05, 0.1) is 5.56 Å². The summed E-state index contributed by atoms with van der Waals surface area (Å²) in [6.45, 7) is 2.18. The van der Waals surface area contributed by atoms with Crippen LogP contribution in [-0.4, -0.2) is 11.9 Å². The van der Waals surface area contributed by atoms with Crippen molar-refractivity contribution >= 4 is 21.8 Å². The summed E-state index contributed by atoms with van der Waals surface area (Å²) < 4.78 is 14.4. The number of amides is 1. The third kappa shape index (κ3) is 3.78. The lowest BCUT2D eigenvalue weighted by molar-refractivity contribution is 0.0915. The van der Waals surface area contributed by atoms with E-state index >= 15 is 0 Å². The molecule has 0 aromatic heterocycles. The van der Waals surface area contributed by atoms with Gasteiger partial charge < -0.3 is 5.32 Å². The first kappa shape index (κ1) is 14.5. The van der Waals surface area contributed by atoms with E-state index in [0.717, 1.165) is 25.7 Å². The largest absolute Gasteiger partial charge is 0.349 e. The van der Waals surface area contributed by atoms with Gasteiger partial charge in [-0.1, -0.05) is 42.1 Å². The van der Waals surface area contributed by atoms with Crippen LogP contribution in [0.5, 0.6) is 0 Å². The van der Waals surface area contributed by atoms with Crippen LogP contribution in [0.15, 0.2) is 22.7 Å². The van der Waals surface area contributed by atoms with Crippen molar-refractivity contribution in [3.8, 4) is 0 Å². The van der Waals surface area contributed by atoms with Gasteiger partial charge in [-0.15, -0.1) is 0 Å². The lowest BCUT2D eigenvalue weighted by atomic mass is 9.84. The highest BCUT2D eigenvalue weighted by Gasteiger charge is 2.23. The Morgan fingerprint density at radius 2 is 2.26 bits per heavy atom. The molecule has 1 aliphatic rings. The molecule has 2 atom stereocenters. The molecule has 1 aliphatic carbocycles. The number of nitrogens with one attached hydrogen (secondary N) is 1. The molecule has 0 radical (unpaired) electrons. The molecule has 19 heavy (non-hydrogen) atoms. The second-order valence-corrected chi connectivity index (χ2v) is 6.15. The number of carbonyl (C=O) groups excluding carboxylic acids is 1. The first-order valence-corrected chi connectivity index (χ1v) is 7.65. The van der Waals surface area contributed by atoms with Gasteiger partial charge >= 0.3 is 0 Å². The van der Waals surface area contributed by atoms with Crippen LogP contribution in [0.4, 0.5) is 4.39 Å². The molecule has 4 heteroatoms. The molecule has 2 unspecified atom stereocenters. The number of halogens is 2. The van der Waals surface area contributed by atoms with E-state index in [1.165, 1.54) is 18.6 Å². The first-order chi connectivity index (χ1) is 9.10. The Labute approximate surface area is 121 Å². The summed E-state index contributed by atoms with van der Waals surface area (Å²) in [5.74, 6) is -0.0875. The highest BCUT2D eigenvalue weighted by Crippen LogP contribution is 2.27. The van der Waals surface area contributed by atoms with Gasteiger partial charge in [0.15, 0.2) is 0 Å². The Bertz CT molecular complexity index is 463. The smallest absolute Gasteiger partial charge is 0.254 e. The number of benzene rings is 1. The molecule has 2 rings (SSSR count). The van der Waals surface area contributed by atoms with Crippen molar-refractivity contribution in [3.05, 3.63) is 34.1 Å². The second kappa shape index (κ2) is 6.51. The van der Waals surface area contributed by atoms with Gasteiger partial charge in [-0.05, 0) is 37.0 Å². The predicted octanol–water partition coefficient (Wildman–Crippen LogP) is 4.29. The minimum Gasteiger partial charge on any atom is -0.349 e. The highest BCUT2D eigenvalue weighted by molar-refractivity contribution is 9.10. The number of rotatable bonds is 3. The van der Waals surface area contributed by atoms with E-state index in [1.807, 2.05) is 0 Å². The molecule has 1 aromatic rings. The summed E-state index contributed by atoms with van der Waals surface area (Å²) in [5.41, 5.74) is 0.119. The fourth-order valence-electron chi connectivity index (χ4n) is 2.73. The molecule has 1 amide bonds. The average molecular weight is 328 g/mol. The Kier molecular flexibility index (Phi) is 4.97. The predicted molar refractivity (Wildman–Crippen MR) is 77.6 cm³/mol. The lowest BCUT2D eigenvalue weighted by Crippen LogP contribution is -2.38. The molecular weight excluding hydrogens is 309 g/mol. The fourth-order valence-corrected chi connectivity index (χ4v) is 3.09. The molecule has 0 bridgehead atoms. The van der Waals surface area contributed by atoms with Gasteiger partial charge in [-0.3, -0.25) is 4.79 Å². The van der Waals surface area contributed by atoms with Crippen molar-refractivity contribution in [1.82, 2.24) is 5.32 Å². The van der Waals surface area contributed by atoms with Crippen molar-refractivity contribution in [3.63, 3.8) is 0 Å². The van der Waals surface area contributed by atoms with Gasteiger partial charge in [-0.25, -0.2) is 4.39 Å². The van der Waals surface area contributed by atoms with Crippen LogP contribution in [0.1, 0.15) is 49.4 Å². The summed E-state index contributed by atoms with van der Waals surface area (Å²) >= 11 is 3.26. The van der Waals surface area contributed by atoms with E-state index in [9.17, 15) is 9.18 Å². The minimum atomic E-state index is -0.469. The Morgan fingerprint density at radius 3 is 3.00 bits per heavy atom. The Balaban J connectivity index is 2.02. The van der Waals surface area contributed by atoms with Crippen LogP contribution in [-0.2, 0) is 0 Å². The molecule has 1 N–H and O–H groups in total. The maximum Gasteiger partial charge on any atom is 0.254 e. The van der Waals surface area contributed by atoms with Crippen LogP contribution in [0, 0.1) is 11.7 Å². The molecular formula is C15H19BrFNO. The van der Waals surface area contributed by atoms with Gasteiger partial charge in [-0.2, -0.15) is 0 Å². The van der Waals surface area contributed by atoms with Crippen molar-refractivity contribution in [2.24, 2.45) is 5.92 Å². The Hall–Kier alpha value is -0.900. The molecule has 0 aliphatic heterocycles. The minimum absolute atomic E-state index is 0.119. The number of hydrogen-bond donors (Lipinski definition) is 1. The zero-order valence-corrected chi connectivity index (χ0v) is 12.7. The van der Waals surface area contributed by atoms with E-state index in [4.69, 9.17) is 0 Å². The summed E-state index contributed by atoms with van der Waals surface area (Å²) in [4.78, 5) is 12.1. The van der Waals surface area contributed by atoms with E-state index < -0.39 is 5.82 Å². The monoisotopic (exact) mass is 327 g/mol. The van der Waals surface area contributed by atoms with E-state index in [1.54, 1.807) is 6.07 Å². The summed E-state index contributed by atoms with van der Waals surface area (Å²) in [7, 11) is 0. The SMILES string of the molecule is CCC1CCCC(NC(=O)c2cc(Br)ccc2F)C1. The molecule has 104 valence electrons. The second-order valence-electron chi connectivity index (χ2n) is 5.24.